The van der Waals surface area contributed by atoms with Gasteiger partial charge in [0.05, 0.1) is 5.56 Å². The number of aliphatic hydroxyl groups is 1. The molecule has 0 radical (unpaired) electrons. The first-order valence-corrected chi connectivity index (χ1v) is 7.65. The summed E-state index contributed by atoms with van der Waals surface area (Å²) in [6.07, 6.45) is 0.278. The van der Waals surface area contributed by atoms with E-state index in [-0.39, 0.29) is 24.2 Å². The zero-order chi connectivity index (χ0) is 16.1. The number of carboxylic acids is 1. The van der Waals surface area contributed by atoms with Gasteiger partial charge in [-0.15, -0.1) is 0 Å². The van der Waals surface area contributed by atoms with E-state index in [2.05, 4.69) is 9.97 Å². The minimum absolute atomic E-state index is 0.0972. The Labute approximate surface area is 131 Å². The van der Waals surface area contributed by atoms with E-state index < -0.39 is 5.97 Å². The van der Waals surface area contributed by atoms with Crippen molar-refractivity contribution >= 4 is 17.7 Å². The van der Waals surface area contributed by atoms with Crippen LogP contribution in [-0.2, 0) is 12.2 Å². The summed E-state index contributed by atoms with van der Waals surface area (Å²) >= 11 is 1.33. The summed E-state index contributed by atoms with van der Waals surface area (Å²) in [6.45, 7) is 1.63. The van der Waals surface area contributed by atoms with E-state index in [4.69, 9.17) is 10.2 Å². The Morgan fingerprint density at radius 2 is 2.18 bits per heavy atom. The number of aromatic amines is 1. The Morgan fingerprint density at radius 1 is 1.41 bits per heavy atom. The van der Waals surface area contributed by atoms with Crippen molar-refractivity contribution in [2.75, 3.05) is 6.61 Å². The van der Waals surface area contributed by atoms with E-state index in [1.54, 1.807) is 19.1 Å². The van der Waals surface area contributed by atoms with Crippen molar-refractivity contribution in [1.82, 2.24) is 9.97 Å². The average molecular weight is 320 g/mol. The maximum Gasteiger partial charge on any atom is 0.335 e. The molecule has 0 saturated carbocycles. The highest BCUT2D eigenvalue weighted by molar-refractivity contribution is 7.98. The molecule has 0 fully saturated rings. The Hall–Kier alpha value is -2.12. The molecule has 7 heteroatoms. The molecule has 0 spiro atoms. The number of benzene rings is 1. The molecule has 0 aliphatic heterocycles. The minimum atomic E-state index is -0.970. The number of aryl methyl sites for hydroxylation is 1. The van der Waals surface area contributed by atoms with Crippen LogP contribution in [0.15, 0.2) is 34.2 Å². The molecule has 1 aromatic heterocycles. The third-order valence-corrected chi connectivity index (χ3v) is 4.06. The van der Waals surface area contributed by atoms with E-state index in [1.807, 2.05) is 6.07 Å². The van der Waals surface area contributed by atoms with Crippen LogP contribution in [0.3, 0.4) is 0 Å². The molecule has 3 N–H and O–H groups in total. The van der Waals surface area contributed by atoms with Gasteiger partial charge in [-0.1, -0.05) is 23.9 Å². The standard InChI is InChI=1S/C15H16N2O4S/c1-9-12(5-6-18)13(19)17-15(16-9)22-8-10-3-2-4-11(7-10)14(20)21/h2-4,7,18H,5-6,8H2,1H3,(H,20,21)(H,16,17,19). The molecular formula is C15H16N2O4S. The molecule has 6 nitrogen and oxygen atoms in total. The summed E-state index contributed by atoms with van der Waals surface area (Å²) in [5.41, 5.74) is 1.90. The van der Waals surface area contributed by atoms with Crippen LogP contribution in [0.25, 0.3) is 0 Å². The molecule has 1 aromatic carbocycles. The van der Waals surface area contributed by atoms with Crippen LogP contribution in [0.4, 0.5) is 0 Å². The molecule has 116 valence electrons. The van der Waals surface area contributed by atoms with Crippen molar-refractivity contribution in [3.05, 3.63) is 57.0 Å². The molecule has 22 heavy (non-hydrogen) atoms. The zero-order valence-corrected chi connectivity index (χ0v) is 12.8. The number of aromatic carboxylic acids is 1. The Balaban J connectivity index is 2.13. The number of carbonyl (C=O) groups is 1. The summed E-state index contributed by atoms with van der Waals surface area (Å²) in [5, 5.41) is 18.4. The fourth-order valence-electron chi connectivity index (χ4n) is 2.01. The highest BCUT2D eigenvalue weighted by Gasteiger charge is 2.09. The van der Waals surface area contributed by atoms with Gasteiger partial charge >= 0.3 is 5.97 Å². The third-order valence-electron chi connectivity index (χ3n) is 3.11. The van der Waals surface area contributed by atoms with E-state index in [0.717, 1.165) is 5.56 Å². The van der Waals surface area contributed by atoms with Crippen molar-refractivity contribution in [2.24, 2.45) is 0 Å². The summed E-state index contributed by atoms with van der Waals surface area (Å²) in [7, 11) is 0. The van der Waals surface area contributed by atoms with Crippen LogP contribution >= 0.6 is 11.8 Å². The lowest BCUT2D eigenvalue weighted by molar-refractivity contribution is 0.0696. The van der Waals surface area contributed by atoms with Gasteiger partial charge in [-0.3, -0.25) is 4.79 Å². The molecule has 0 saturated heterocycles. The normalized spacial score (nSPS) is 10.6. The monoisotopic (exact) mass is 320 g/mol. The van der Waals surface area contributed by atoms with Gasteiger partial charge in [0.2, 0.25) is 0 Å². The van der Waals surface area contributed by atoms with Gasteiger partial charge in [0.25, 0.3) is 5.56 Å². The number of hydrogen-bond acceptors (Lipinski definition) is 5. The molecule has 0 amide bonds. The first-order valence-electron chi connectivity index (χ1n) is 6.67. The maximum atomic E-state index is 11.9. The van der Waals surface area contributed by atoms with Gasteiger partial charge in [0.1, 0.15) is 0 Å². The molecule has 2 aromatic rings. The van der Waals surface area contributed by atoms with Gasteiger partial charge in [-0.25, -0.2) is 9.78 Å². The van der Waals surface area contributed by atoms with Crippen LogP contribution < -0.4 is 5.56 Å². The van der Waals surface area contributed by atoms with Crippen LogP contribution in [0.2, 0.25) is 0 Å². The number of aliphatic hydroxyl groups excluding tert-OH is 1. The van der Waals surface area contributed by atoms with Gasteiger partial charge in [-0.05, 0) is 24.6 Å². The lowest BCUT2D eigenvalue weighted by Crippen LogP contribution is -2.18. The van der Waals surface area contributed by atoms with Gasteiger partial charge in [0, 0.05) is 30.0 Å². The van der Waals surface area contributed by atoms with Crippen molar-refractivity contribution in [3.63, 3.8) is 0 Å². The minimum Gasteiger partial charge on any atom is -0.478 e. The smallest absolute Gasteiger partial charge is 0.335 e. The highest BCUT2D eigenvalue weighted by Crippen LogP contribution is 2.19. The number of carboxylic acid groups (broad SMARTS) is 1. The summed E-state index contributed by atoms with van der Waals surface area (Å²) in [5.74, 6) is -0.467. The van der Waals surface area contributed by atoms with E-state index in [9.17, 15) is 9.59 Å². The van der Waals surface area contributed by atoms with E-state index in [1.165, 1.54) is 17.8 Å². The summed E-state index contributed by atoms with van der Waals surface area (Å²) < 4.78 is 0. The lowest BCUT2D eigenvalue weighted by atomic mass is 10.1. The first kappa shape index (κ1) is 16.3. The predicted octanol–water partition coefficient (Wildman–Crippen LogP) is 1.60. The fraction of sp³-hybridized carbons (Fsp3) is 0.267. The first-order chi connectivity index (χ1) is 10.5. The van der Waals surface area contributed by atoms with Crippen molar-refractivity contribution in [2.45, 2.75) is 24.3 Å². The van der Waals surface area contributed by atoms with Crippen LogP contribution in [0, 0.1) is 6.92 Å². The largest absolute Gasteiger partial charge is 0.478 e. The molecular weight excluding hydrogens is 304 g/mol. The molecule has 2 rings (SSSR count). The third kappa shape index (κ3) is 3.96. The Kier molecular flexibility index (Phi) is 5.35. The summed E-state index contributed by atoms with van der Waals surface area (Å²) in [6, 6.07) is 6.64. The number of aromatic nitrogens is 2. The number of hydrogen-bond donors (Lipinski definition) is 3. The second kappa shape index (κ2) is 7.24. The second-order valence-electron chi connectivity index (χ2n) is 4.70. The quantitative estimate of drug-likeness (QED) is 0.552. The summed E-state index contributed by atoms with van der Waals surface area (Å²) in [4.78, 5) is 29.8. The molecule has 0 atom stereocenters. The van der Waals surface area contributed by atoms with Crippen molar-refractivity contribution < 1.29 is 15.0 Å². The fourth-order valence-corrected chi connectivity index (χ4v) is 2.85. The van der Waals surface area contributed by atoms with E-state index in [0.29, 0.717) is 22.2 Å². The second-order valence-corrected chi connectivity index (χ2v) is 5.67. The van der Waals surface area contributed by atoms with Gasteiger partial charge < -0.3 is 15.2 Å². The van der Waals surface area contributed by atoms with Gasteiger partial charge in [-0.2, -0.15) is 0 Å². The van der Waals surface area contributed by atoms with Gasteiger partial charge in [0.15, 0.2) is 5.16 Å². The highest BCUT2D eigenvalue weighted by atomic mass is 32.2. The number of nitrogens with zero attached hydrogens (tertiary/aromatic N) is 1. The number of nitrogens with one attached hydrogen (secondary N) is 1. The molecule has 1 heterocycles. The zero-order valence-electron chi connectivity index (χ0n) is 12.0. The predicted molar refractivity (Wildman–Crippen MR) is 83.3 cm³/mol. The lowest BCUT2D eigenvalue weighted by Gasteiger charge is -2.06. The molecule has 0 unspecified atom stereocenters. The topological polar surface area (TPSA) is 103 Å². The number of rotatable bonds is 6. The Morgan fingerprint density at radius 3 is 2.82 bits per heavy atom. The Bertz CT molecular complexity index is 743. The molecule has 0 aliphatic rings. The molecule has 0 bridgehead atoms. The van der Waals surface area contributed by atoms with Crippen LogP contribution in [-0.4, -0.2) is 32.8 Å². The van der Waals surface area contributed by atoms with E-state index >= 15 is 0 Å². The number of thioether (sulfide) groups is 1. The van der Waals surface area contributed by atoms with Crippen LogP contribution in [0.5, 0.6) is 0 Å². The van der Waals surface area contributed by atoms with Crippen molar-refractivity contribution in [3.8, 4) is 0 Å². The molecule has 0 aliphatic carbocycles. The maximum absolute atomic E-state index is 11.9. The van der Waals surface area contributed by atoms with Crippen LogP contribution in [0.1, 0.15) is 27.2 Å². The number of H-pyrrole nitrogens is 1. The average Bonchev–Trinajstić information content (AvgIpc) is 2.49. The SMILES string of the molecule is Cc1nc(SCc2cccc(C(=O)O)c2)[nH]c(=O)c1CCO. The van der Waals surface area contributed by atoms with Crippen molar-refractivity contribution in [1.29, 1.82) is 0 Å².